The summed E-state index contributed by atoms with van der Waals surface area (Å²) in [4.78, 5) is 4.36. The van der Waals surface area contributed by atoms with Gasteiger partial charge in [0.15, 0.2) is 0 Å². The van der Waals surface area contributed by atoms with Crippen molar-refractivity contribution in [1.29, 1.82) is 0 Å². The minimum Gasteiger partial charge on any atom is -0.382 e. The molecule has 1 fully saturated rings. The molecule has 0 atom stereocenters. The quantitative estimate of drug-likeness (QED) is 0.873. The summed E-state index contributed by atoms with van der Waals surface area (Å²) in [5.74, 6) is 0. The van der Waals surface area contributed by atoms with Crippen LogP contribution >= 0.6 is 11.6 Å². The van der Waals surface area contributed by atoms with Crippen LogP contribution in [0.3, 0.4) is 0 Å². The summed E-state index contributed by atoms with van der Waals surface area (Å²) in [6, 6.07) is 8.45. The van der Waals surface area contributed by atoms with Crippen LogP contribution in [0.5, 0.6) is 0 Å². The molecule has 0 saturated carbocycles. The number of halogens is 1. The Hall–Kier alpha value is -1.32. The predicted octanol–water partition coefficient (Wildman–Crippen LogP) is 3.05. The molecule has 1 aromatic heterocycles. The first kappa shape index (κ1) is 11.8. The van der Waals surface area contributed by atoms with Crippen molar-refractivity contribution in [3.8, 4) is 0 Å². The van der Waals surface area contributed by atoms with Crippen molar-refractivity contribution in [2.45, 2.75) is 18.9 Å². The maximum atomic E-state index is 5.99. The molecular formula is C14H16ClN3. The molecule has 0 bridgehead atoms. The van der Waals surface area contributed by atoms with Crippen molar-refractivity contribution in [3.63, 3.8) is 0 Å². The molecule has 0 spiro atoms. The highest BCUT2D eigenvalue weighted by atomic mass is 35.5. The van der Waals surface area contributed by atoms with Crippen molar-refractivity contribution in [3.05, 3.63) is 35.5 Å². The van der Waals surface area contributed by atoms with Gasteiger partial charge in [0.05, 0.1) is 5.52 Å². The molecule has 1 aromatic carbocycles. The number of fused-ring (bicyclic) bond motifs is 1. The minimum absolute atomic E-state index is 0.549. The van der Waals surface area contributed by atoms with E-state index in [0.717, 1.165) is 47.5 Å². The van der Waals surface area contributed by atoms with E-state index in [1.54, 1.807) is 0 Å². The molecule has 18 heavy (non-hydrogen) atoms. The average molecular weight is 262 g/mol. The second-order valence-corrected chi connectivity index (χ2v) is 5.13. The maximum Gasteiger partial charge on any atom is 0.0737 e. The predicted molar refractivity (Wildman–Crippen MR) is 76.3 cm³/mol. The topological polar surface area (TPSA) is 37.0 Å². The largest absolute Gasteiger partial charge is 0.382 e. The van der Waals surface area contributed by atoms with E-state index in [1.165, 1.54) is 0 Å². The molecule has 0 amide bonds. The van der Waals surface area contributed by atoms with Crippen molar-refractivity contribution in [2.24, 2.45) is 0 Å². The van der Waals surface area contributed by atoms with Crippen LogP contribution in [-0.2, 0) is 0 Å². The van der Waals surface area contributed by atoms with E-state index >= 15 is 0 Å². The molecule has 3 nitrogen and oxygen atoms in total. The van der Waals surface area contributed by atoms with Crippen LogP contribution in [-0.4, -0.2) is 24.1 Å². The number of benzene rings is 1. The van der Waals surface area contributed by atoms with Crippen LogP contribution in [0.25, 0.3) is 10.9 Å². The molecule has 2 N–H and O–H groups in total. The SMILES string of the molecule is Clc1ccc2c(NC3CCNCC3)ccnc2c1. The highest BCUT2D eigenvalue weighted by Crippen LogP contribution is 2.25. The summed E-state index contributed by atoms with van der Waals surface area (Å²) < 4.78 is 0. The molecule has 1 saturated heterocycles. The summed E-state index contributed by atoms with van der Waals surface area (Å²) >= 11 is 5.99. The highest BCUT2D eigenvalue weighted by molar-refractivity contribution is 6.31. The lowest BCUT2D eigenvalue weighted by atomic mass is 10.1. The number of hydrogen-bond donors (Lipinski definition) is 2. The Morgan fingerprint density at radius 1 is 1.22 bits per heavy atom. The van der Waals surface area contributed by atoms with Gasteiger partial charge < -0.3 is 10.6 Å². The Morgan fingerprint density at radius 2 is 2.06 bits per heavy atom. The zero-order chi connectivity index (χ0) is 12.4. The summed E-state index contributed by atoms with van der Waals surface area (Å²) in [5, 5.41) is 8.87. The summed E-state index contributed by atoms with van der Waals surface area (Å²) in [7, 11) is 0. The van der Waals surface area contributed by atoms with Gasteiger partial charge in [-0.15, -0.1) is 0 Å². The molecule has 0 aliphatic carbocycles. The van der Waals surface area contributed by atoms with Crippen LogP contribution < -0.4 is 10.6 Å². The third kappa shape index (κ3) is 2.42. The summed E-state index contributed by atoms with van der Waals surface area (Å²) in [6.45, 7) is 2.18. The van der Waals surface area contributed by atoms with Crippen molar-refractivity contribution >= 4 is 28.2 Å². The lowest BCUT2D eigenvalue weighted by Gasteiger charge is -2.25. The second-order valence-electron chi connectivity index (χ2n) is 4.69. The lowest BCUT2D eigenvalue weighted by Crippen LogP contribution is -2.35. The first-order valence-corrected chi connectivity index (χ1v) is 6.72. The Morgan fingerprint density at radius 3 is 2.89 bits per heavy atom. The maximum absolute atomic E-state index is 5.99. The molecule has 3 rings (SSSR count). The van der Waals surface area contributed by atoms with Gasteiger partial charge in [-0.1, -0.05) is 11.6 Å². The Labute approximate surface area is 112 Å². The standard InChI is InChI=1S/C14H16ClN3/c15-10-1-2-12-13(5-8-17-14(12)9-10)18-11-3-6-16-7-4-11/h1-2,5,8-9,11,16H,3-4,6-7H2,(H,17,18). The molecular weight excluding hydrogens is 246 g/mol. The molecule has 4 heteroatoms. The molecule has 1 aliphatic rings. The van der Waals surface area contributed by atoms with Gasteiger partial charge in [0, 0.05) is 28.3 Å². The molecule has 94 valence electrons. The van der Waals surface area contributed by atoms with Crippen LogP contribution in [0.4, 0.5) is 5.69 Å². The first-order valence-electron chi connectivity index (χ1n) is 6.34. The van der Waals surface area contributed by atoms with Crippen molar-refractivity contribution in [2.75, 3.05) is 18.4 Å². The first-order chi connectivity index (χ1) is 8.83. The fraction of sp³-hybridized carbons (Fsp3) is 0.357. The number of rotatable bonds is 2. The van der Waals surface area contributed by atoms with Crippen molar-refractivity contribution in [1.82, 2.24) is 10.3 Å². The van der Waals surface area contributed by atoms with Gasteiger partial charge in [-0.05, 0) is 50.2 Å². The number of aromatic nitrogens is 1. The summed E-state index contributed by atoms with van der Waals surface area (Å²) in [5.41, 5.74) is 2.10. The van der Waals surface area contributed by atoms with Gasteiger partial charge in [-0.25, -0.2) is 0 Å². The fourth-order valence-electron chi connectivity index (χ4n) is 2.43. The van der Waals surface area contributed by atoms with E-state index in [2.05, 4.69) is 15.6 Å². The second kappa shape index (κ2) is 5.12. The average Bonchev–Trinajstić information content (AvgIpc) is 2.40. The molecule has 0 unspecified atom stereocenters. The molecule has 1 aliphatic heterocycles. The summed E-state index contributed by atoms with van der Waals surface area (Å²) in [6.07, 6.45) is 4.16. The lowest BCUT2D eigenvalue weighted by molar-refractivity contribution is 0.479. The van der Waals surface area contributed by atoms with E-state index in [-0.39, 0.29) is 0 Å². The monoisotopic (exact) mass is 261 g/mol. The number of pyridine rings is 1. The number of nitrogens with zero attached hydrogens (tertiary/aromatic N) is 1. The molecule has 0 radical (unpaired) electrons. The number of piperidine rings is 1. The Kier molecular flexibility index (Phi) is 3.35. The zero-order valence-electron chi connectivity index (χ0n) is 10.1. The van der Waals surface area contributed by atoms with E-state index < -0.39 is 0 Å². The highest BCUT2D eigenvalue weighted by Gasteiger charge is 2.13. The van der Waals surface area contributed by atoms with Gasteiger partial charge in [-0.2, -0.15) is 0 Å². The Balaban J connectivity index is 1.91. The third-order valence-electron chi connectivity index (χ3n) is 3.40. The Bertz CT molecular complexity index is 550. The van der Waals surface area contributed by atoms with E-state index in [4.69, 9.17) is 11.6 Å². The number of anilines is 1. The fourth-order valence-corrected chi connectivity index (χ4v) is 2.60. The van der Waals surface area contributed by atoms with Crippen LogP contribution in [0.2, 0.25) is 5.02 Å². The molecule has 2 aromatic rings. The minimum atomic E-state index is 0.549. The zero-order valence-corrected chi connectivity index (χ0v) is 10.9. The van der Waals surface area contributed by atoms with Gasteiger partial charge in [0.25, 0.3) is 0 Å². The van der Waals surface area contributed by atoms with Gasteiger partial charge in [0.2, 0.25) is 0 Å². The number of nitrogens with one attached hydrogen (secondary N) is 2. The van der Waals surface area contributed by atoms with Gasteiger partial charge in [-0.3, -0.25) is 4.98 Å². The van der Waals surface area contributed by atoms with E-state index in [0.29, 0.717) is 6.04 Å². The van der Waals surface area contributed by atoms with Crippen molar-refractivity contribution < 1.29 is 0 Å². The van der Waals surface area contributed by atoms with Gasteiger partial charge >= 0.3 is 0 Å². The van der Waals surface area contributed by atoms with E-state index in [9.17, 15) is 0 Å². The van der Waals surface area contributed by atoms with E-state index in [1.807, 2.05) is 30.5 Å². The molecule has 2 heterocycles. The number of hydrogen-bond acceptors (Lipinski definition) is 3. The van der Waals surface area contributed by atoms with Crippen LogP contribution in [0.1, 0.15) is 12.8 Å². The normalized spacial score (nSPS) is 16.9. The van der Waals surface area contributed by atoms with Gasteiger partial charge in [0.1, 0.15) is 0 Å². The van der Waals surface area contributed by atoms with Crippen LogP contribution in [0.15, 0.2) is 30.5 Å². The third-order valence-corrected chi connectivity index (χ3v) is 3.64. The smallest absolute Gasteiger partial charge is 0.0737 e. The van der Waals surface area contributed by atoms with Crippen LogP contribution in [0, 0.1) is 0 Å².